The second kappa shape index (κ2) is 4.90. The highest BCUT2D eigenvalue weighted by Gasteiger charge is 2.15. The van der Waals surface area contributed by atoms with Gasteiger partial charge in [-0.2, -0.15) is 5.10 Å². The minimum Gasteiger partial charge on any atom is -0.361 e. The summed E-state index contributed by atoms with van der Waals surface area (Å²) in [6.45, 7) is 3.01. The van der Waals surface area contributed by atoms with E-state index in [4.69, 9.17) is 0 Å². The van der Waals surface area contributed by atoms with Crippen molar-refractivity contribution < 1.29 is 0 Å². The third-order valence-corrected chi connectivity index (χ3v) is 3.49. The lowest BCUT2D eigenvalue weighted by Crippen LogP contribution is -2.11. The molecule has 0 saturated heterocycles. The Morgan fingerprint density at radius 2 is 2.11 bits per heavy atom. The van der Waals surface area contributed by atoms with Gasteiger partial charge in [0.25, 0.3) is 0 Å². The molecule has 0 aliphatic heterocycles. The lowest BCUT2D eigenvalue weighted by molar-refractivity contribution is 0.773. The molecular weight excluding hydrogens is 236 g/mol. The summed E-state index contributed by atoms with van der Waals surface area (Å²) in [5.41, 5.74) is 5.87. The van der Waals surface area contributed by atoms with E-state index in [1.807, 2.05) is 13.1 Å². The number of likely N-dealkylation sites (N-methyl/N-ethyl adjacent to an activating group) is 1. The number of hydrogen-bond donors (Lipinski definition) is 3. The summed E-state index contributed by atoms with van der Waals surface area (Å²) in [4.78, 5) is 3.33. The Morgan fingerprint density at radius 3 is 2.95 bits per heavy atom. The van der Waals surface area contributed by atoms with Crippen LogP contribution in [0.3, 0.4) is 0 Å². The molecular formula is C15H18N4. The van der Waals surface area contributed by atoms with Crippen molar-refractivity contribution in [2.24, 2.45) is 0 Å². The quantitative estimate of drug-likeness (QED) is 0.670. The van der Waals surface area contributed by atoms with E-state index < -0.39 is 0 Å². The van der Waals surface area contributed by atoms with E-state index in [0.717, 1.165) is 29.9 Å². The van der Waals surface area contributed by atoms with Crippen LogP contribution in [0.15, 0.2) is 30.5 Å². The van der Waals surface area contributed by atoms with Gasteiger partial charge in [0.2, 0.25) is 0 Å². The third kappa shape index (κ3) is 2.04. The van der Waals surface area contributed by atoms with Crippen molar-refractivity contribution in [2.45, 2.75) is 13.3 Å². The van der Waals surface area contributed by atoms with Crippen molar-refractivity contribution >= 4 is 10.9 Å². The van der Waals surface area contributed by atoms with Gasteiger partial charge < -0.3 is 10.3 Å². The van der Waals surface area contributed by atoms with E-state index in [0.29, 0.717) is 0 Å². The fraction of sp³-hybridized carbons (Fsp3) is 0.267. The number of para-hydroxylation sites is 1. The summed E-state index contributed by atoms with van der Waals surface area (Å²) in [6.07, 6.45) is 3.00. The van der Waals surface area contributed by atoms with Crippen LogP contribution in [0, 0.1) is 6.92 Å². The van der Waals surface area contributed by atoms with Crippen LogP contribution >= 0.6 is 0 Å². The molecule has 3 rings (SSSR count). The first kappa shape index (κ1) is 12.0. The maximum absolute atomic E-state index is 4.44. The average molecular weight is 254 g/mol. The minimum absolute atomic E-state index is 0.926. The Labute approximate surface area is 112 Å². The molecule has 19 heavy (non-hydrogen) atoms. The van der Waals surface area contributed by atoms with Crippen molar-refractivity contribution in [1.29, 1.82) is 0 Å². The number of rotatable bonds is 4. The largest absolute Gasteiger partial charge is 0.361 e. The van der Waals surface area contributed by atoms with E-state index in [1.54, 1.807) is 0 Å². The average Bonchev–Trinajstić information content (AvgIpc) is 3.00. The van der Waals surface area contributed by atoms with Crippen molar-refractivity contribution in [2.75, 3.05) is 13.6 Å². The fourth-order valence-corrected chi connectivity index (χ4v) is 2.54. The van der Waals surface area contributed by atoms with Crippen LogP contribution in [0.4, 0.5) is 0 Å². The molecule has 0 aliphatic rings. The molecule has 4 heteroatoms. The van der Waals surface area contributed by atoms with Crippen LogP contribution in [0.25, 0.3) is 22.0 Å². The number of nitrogens with one attached hydrogen (secondary N) is 3. The molecule has 2 heterocycles. The number of nitrogens with zero attached hydrogens (tertiary/aromatic N) is 1. The van der Waals surface area contributed by atoms with Gasteiger partial charge in [-0.05, 0) is 20.0 Å². The minimum atomic E-state index is 0.926. The summed E-state index contributed by atoms with van der Waals surface area (Å²) in [6, 6.07) is 8.37. The highest BCUT2D eigenvalue weighted by Crippen LogP contribution is 2.32. The van der Waals surface area contributed by atoms with Gasteiger partial charge >= 0.3 is 0 Å². The predicted molar refractivity (Wildman–Crippen MR) is 78.2 cm³/mol. The molecule has 1 aromatic carbocycles. The second-order valence-electron chi connectivity index (χ2n) is 4.77. The summed E-state index contributed by atoms with van der Waals surface area (Å²) in [5, 5.41) is 12.0. The van der Waals surface area contributed by atoms with Gasteiger partial charge in [0.15, 0.2) is 0 Å². The summed E-state index contributed by atoms with van der Waals surface area (Å²) < 4.78 is 0. The second-order valence-corrected chi connectivity index (χ2v) is 4.77. The number of hydrogen-bond acceptors (Lipinski definition) is 2. The van der Waals surface area contributed by atoms with Gasteiger partial charge in [-0.15, -0.1) is 0 Å². The zero-order chi connectivity index (χ0) is 13.2. The Kier molecular flexibility index (Phi) is 3.09. The molecule has 0 atom stereocenters. The standard InChI is InChI=1S/C15H18N4/c1-10-15(14(19-18-10)7-8-16-2)12-9-17-13-6-4-3-5-11(12)13/h3-6,9,16-17H,7-8H2,1-2H3,(H,18,19). The number of H-pyrrole nitrogens is 2. The molecule has 0 spiro atoms. The van der Waals surface area contributed by atoms with Crippen molar-refractivity contribution in [3.05, 3.63) is 41.9 Å². The smallest absolute Gasteiger partial charge is 0.0716 e. The molecule has 2 aromatic heterocycles. The zero-order valence-electron chi connectivity index (χ0n) is 11.2. The zero-order valence-corrected chi connectivity index (χ0v) is 11.2. The van der Waals surface area contributed by atoms with Gasteiger partial charge in [-0.1, -0.05) is 18.2 Å². The van der Waals surface area contributed by atoms with Crippen LogP contribution in [0.1, 0.15) is 11.4 Å². The summed E-state index contributed by atoms with van der Waals surface area (Å²) in [5.74, 6) is 0. The maximum Gasteiger partial charge on any atom is 0.0716 e. The maximum atomic E-state index is 4.44. The first-order valence-electron chi connectivity index (χ1n) is 6.56. The summed E-state index contributed by atoms with van der Waals surface area (Å²) in [7, 11) is 1.96. The highest BCUT2D eigenvalue weighted by atomic mass is 15.1. The molecule has 4 nitrogen and oxygen atoms in total. The van der Waals surface area contributed by atoms with E-state index in [2.05, 4.69) is 51.8 Å². The number of aromatic amines is 2. The van der Waals surface area contributed by atoms with Gasteiger partial charge in [0, 0.05) is 46.9 Å². The lowest BCUT2D eigenvalue weighted by Gasteiger charge is -2.03. The monoisotopic (exact) mass is 254 g/mol. The molecule has 0 aliphatic carbocycles. The number of aryl methyl sites for hydroxylation is 1. The van der Waals surface area contributed by atoms with Crippen LogP contribution < -0.4 is 5.32 Å². The first-order chi connectivity index (χ1) is 9.31. The van der Waals surface area contributed by atoms with Crippen molar-refractivity contribution in [1.82, 2.24) is 20.5 Å². The van der Waals surface area contributed by atoms with E-state index in [9.17, 15) is 0 Å². The molecule has 3 aromatic rings. The fourth-order valence-electron chi connectivity index (χ4n) is 2.54. The SMILES string of the molecule is CNCCc1n[nH]c(C)c1-c1c[nH]c2ccccc12. The highest BCUT2D eigenvalue weighted by molar-refractivity contribution is 5.96. The van der Waals surface area contributed by atoms with Crippen LogP contribution in [0.2, 0.25) is 0 Å². The van der Waals surface area contributed by atoms with Gasteiger partial charge in [-0.25, -0.2) is 0 Å². The van der Waals surface area contributed by atoms with Gasteiger partial charge in [0.05, 0.1) is 5.69 Å². The molecule has 0 radical (unpaired) electrons. The van der Waals surface area contributed by atoms with Gasteiger partial charge in [0.1, 0.15) is 0 Å². The molecule has 0 amide bonds. The molecule has 0 saturated carbocycles. The van der Waals surface area contributed by atoms with E-state index in [1.165, 1.54) is 16.5 Å². The van der Waals surface area contributed by atoms with Crippen molar-refractivity contribution in [3.63, 3.8) is 0 Å². The number of benzene rings is 1. The number of fused-ring (bicyclic) bond motifs is 1. The Bertz CT molecular complexity index is 693. The Morgan fingerprint density at radius 1 is 1.26 bits per heavy atom. The molecule has 98 valence electrons. The topological polar surface area (TPSA) is 56.5 Å². The predicted octanol–water partition coefficient (Wildman–Crippen LogP) is 2.63. The summed E-state index contributed by atoms with van der Waals surface area (Å²) >= 11 is 0. The Hall–Kier alpha value is -2.07. The van der Waals surface area contributed by atoms with E-state index >= 15 is 0 Å². The molecule has 0 bridgehead atoms. The van der Waals surface area contributed by atoms with Crippen LogP contribution in [-0.2, 0) is 6.42 Å². The lowest BCUT2D eigenvalue weighted by atomic mass is 10.0. The Balaban J connectivity index is 2.13. The molecule has 0 unspecified atom stereocenters. The molecule has 0 fully saturated rings. The normalized spacial score (nSPS) is 11.3. The van der Waals surface area contributed by atoms with Crippen LogP contribution in [-0.4, -0.2) is 28.8 Å². The van der Waals surface area contributed by atoms with Crippen LogP contribution in [0.5, 0.6) is 0 Å². The third-order valence-electron chi connectivity index (χ3n) is 3.49. The first-order valence-corrected chi connectivity index (χ1v) is 6.56. The number of aromatic nitrogens is 3. The van der Waals surface area contributed by atoms with Crippen molar-refractivity contribution in [3.8, 4) is 11.1 Å². The molecule has 3 N–H and O–H groups in total. The van der Waals surface area contributed by atoms with E-state index in [-0.39, 0.29) is 0 Å². The van der Waals surface area contributed by atoms with Gasteiger partial charge in [-0.3, -0.25) is 5.10 Å².